The van der Waals surface area contributed by atoms with Gasteiger partial charge in [-0.15, -0.1) is 0 Å². The Balaban J connectivity index is 1.42. The first-order valence-corrected chi connectivity index (χ1v) is 9.56. The van der Waals surface area contributed by atoms with E-state index in [1.54, 1.807) is 12.1 Å². The molecule has 0 saturated carbocycles. The van der Waals surface area contributed by atoms with E-state index in [-0.39, 0.29) is 5.75 Å². The molecule has 6 heteroatoms. The lowest BCUT2D eigenvalue weighted by Gasteiger charge is -2.31. The average molecular weight is 381 g/mol. The monoisotopic (exact) mass is 381 g/mol. The molecule has 146 valence electrons. The minimum absolute atomic E-state index is 0.188. The van der Waals surface area contributed by atoms with Gasteiger partial charge >= 0.3 is 0 Å². The highest BCUT2D eigenvalue weighted by Gasteiger charge is 2.22. The fourth-order valence-electron chi connectivity index (χ4n) is 3.76. The van der Waals surface area contributed by atoms with Gasteiger partial charge in [0.05, 0.1) is 12.8 Å². The topological polar surface area (TPSA) is 51.4 Å². The molecule has 0 aliphatic carbocycles. The molecule has 1 fully saturated rings. The summed E-state index contributed by atoms with van der Waals surface area (Å²) >= 11 is 0. The SMILES string of the molecule is COc1cc(-c2nc(CN3CCC(c4ccncc4)CC3)c(C)o2)ccc1F. The van der Waals surface area contributed by atoms with Gasteiger partial charge in [0.25, 0.3) is 0 Å². The lowest BCUT2D eigenvalue weighted by Crippen LogP contribution is -2.32. The van der Waals surface area contributed by atoms with Gasteiger partial charge in [0.1, 0.15) is 5.76 Å². The van der Waals surface area contributed by atoms with Gasteiger partial charge < -0.3 is 9.15 Å². The van der Waals surface area contributed by atoms with Crippen LogP contribution in [0.3, 0.4) is 0 Å². The van der Waals surface area contributed by atoms with E-state index in [1.165, 1.54) is 18.7 Å². The maximum atomic E-state index is 13.6. The normalized spacial score (nSPS) is 15.7. The molecule has 3 heterocycles. The lowest BCUT2D eigenvalue weighted by atomic mass is 9.90. The van der Waals surface area contributed by atoms with Crippen molar-refractivity contribution >= 4 is 0 Å². The summed E-state index contributed by atoms with van der Waals surface area (Å²) in [6.45, 7) is 4.74. The van der Waals surface area contributed by atoms with Crippen molar-refractivity contribution < 1.29 is 13.5 Å². The Morgan fingerprint density at radius 2 is 1.93 bits per heavy atom. The number of hydrogen-bond acceptors (Lipinski definition) is 5. The van der Waals surface area contributed by atoms with Crippen molar-refractivity contribution in [2.45, 2.75) is 32.2 Å². The molecule has 1 aromatic carbocycles. The lowest BCUT2D eigenvalue weighted by molar-refractivity contribution is 0.202. The summed E-state index contributed by atoms with van der Waals surface area (Å²) in [5, 5.41) is 0. The number of halogens is 1. The quantitative estimate of drug-likeness (QED) is 0.648. The van der Waals surface area contributed by atoms with Gasteiger partial charge in [0.2, 0.25) is 5.89 Å². The zero-order valence-electron chi connectivity index (χ0n) is 16.2. The molecule has 0 spiro atoms. The van der Waals surface area contributed by atoms with Crippen LogP contribution in [0.15, 0.2) is 47.1 Å². The highest BCUT2D eigenvalue weighted by molar-refractivity contribution is 5.56. The molecule has 0 atom stereocenters. The number of rotatable bonds is 5. The fraction of sp³-hybridized carbons (Fsp3) is 0.364. The number of piperidine rings is 1. The molecule has 0 amide bonds. The summed E-state index contributed by atoms with van der Waals surface area (Å²) in [5.74, 6) is 1.69. The van der Waals surface area contributed by atoms with Gasteiger partial charge in [0.15, 0.2) is 11.6 Å². The van der Waals surface area contributed by atoms with Crippen LogP contribution < -0.4 is 4.74 Å². The molecule has 0 unspecified atom stereocenters. The summed E-state index contributed by atoms with van der Waals surface area (Å²) in [5.41, 5.74) is 3.02. The first-order chi connectivity index (χ1) is 13.6. The van der Waals surface area contributed by atoms with Crippen LogP contribution in [0.4, 0.5) is 4.39 Å². The van der Waals surface area contributed by atoms with Crippen molar-refractivity contribution in [3.63, 3.8) is 0 Å². The number of hydrogen-bond donors (Lipinski definition) is 0. The third-order valence-corrected chi connectivity index (χ3v) is 5.43. The maximum absolute atomic E-state index is 13.6. The van der Waals surface area contributed by atoms with Crippen LogP contribution in [0.1, 0.15) is 35.8 Å². The van der Waals surface area contributed by atoms with Crippen molar-refractivity contribution in [2.75, 3.05) is 20.2 Å². The summed E-state index contributed by atoms with van der Waals surface area (Å²) in [6.07, 6.45) is 5.99. The van der Waals surface area contributed by atoms with E-state index in [4.69, 9.17) is 9.15 Å². The van der Waals surface area contributed by atoms with Gasteiger partial charge in [-0.3, -0.25) is 9.88 Å². The molecule has 28 heavy (non-hydrogen) atoms. The van der Waals surface area contributed by atoms with E-state index >= 15 is 0 Å². The number of oxazole rings is 1. The molecule has 0 radical (unpaired) electrons. The van der Waals surface area contributed by atoms with Gasteiger partial charge in [0, 0.05) is 24.5 Å². The molecule has 0 bridgehead atoms. The predicted octanol–water partition coefficient (Wildman–Crippen LogP) is 4.57. The zero-order valence-corrected chi connectivity index (χ0v) is 16.2. The Kier molecular flexibility index (Phi) is 5.39. The third-order valence-electron chi connectivity index (χ3n) is 5.43. The van der Waals surface area contributed by atoms with Crippen molar-refractivity contribution in [1.82, 2.24) is 14.9 Å². The van der Waals surface area contributed by atoms with Gasteiger partial charge in [-0.1, -0.05) is 0 Å². The summed E-state index contributed by atoms with van der Waals surface area (Å²) in [4.78, 5) is 11.2. The fourth-order valence-corrected chi connectivity index (χ4v) is 3.76. The van der Waals surface area contributed by atoms with Gasteiger partial charge in [-0.05, 0) is 74.7 Å². The molecule has 1 aliphatic rings. The van der Waals surface area contributed by atoms with Gasteiger partial charge in [-0.2, -0.15) is 0 Å². The van der Waals surface area contributed by atoms with Gasteiger partial charge in [-0.25, -0.2) is 9.37 Å². The maximum Gasteiger partial charge on any atom is 0.226 e. The Hall–Kier alpha value is -2.73. The molecule has 5 nitrogen and oxygen atoms in total. The summed E-state index contributed by atoms with van der Waals surface area (Å²) in [7, 11) is 1.45. The smallest absolute Gasteiger partial charge is 0.226 e. The predicted molar refractivity (Wildman–Crippen MR) is 105 cm³/mol. The van der Waals surface area contributed by atoms with E-state index in [9.17, 15) is 4.39 Å². The first kappa shape index (κ1) is 18.6. The highest BCUT2D eigenvalue weighted by atomic mass is 19.1. The van der Waals surface area contributed by atoms with Crippen molar-refractivity contribution in [1.29, 1.82) is 0 Å². The number of benzene rings is 1. The molecule has 1 saturated heterocycles. The van der Waals surface area contributed by atoms with E-state index in [0.717, 1.165) is 43.9 Å². The van der Waals surface area contributed by atoms with Crippen molar-refractivity contribution in [3.05, 3.63) is 65.6 Å². The Labute approximate surface area is 164 Å². The number of likely N-dealkylation sites (tertiary alicyclic amines) is 1. The molecule has 1 aliphatic heterocycles. The Morgan fingerprint density at radius 3 is 2.64 bits per heavy atom. The van der Waals surface area contributed by atoms with E-state index < -0.39 is 5.82 Å². The number of pyridine rings is 1. The van der Waals surface area contributed by atoms with Crippen LogP contribution in [-0.2, 0) is 6.54 Å². The summed E-state index contributed by atoms with van der Waals surface area (Å²) in [6, 6.07) is 8.88. The minimum atomic E-state index is -0.396. The highest BCUT2D eigenvalue weighted by Crippen LogP contribution is 2.30. The zero-order chi connectivity index (χ0) is 19.5. The average Bonchev–Trinajstić information content (AvgIpc) is 3.10. The van der Waals surface area contributed by atoms with Crippen LogP contribution in [-0.4, -0.2) is 35.1 Å². The molecule has 3 aromatic rings. The third kappa shape index (κ3) is 3.92. The summed E-state index contributed by atoms with van der Waals surface area (Å²) < 4.78 is 24.6. The van der Waals surface area contributed by atoms with Crippen LogP contribution >= 0.6 is 0 Å². The van der Waals surface area contributed by atoms with Crippen LogP contribution in [0.2, 0.25) is 0 Å². The number of aromatic nitrogens is 2. The first-order valence-electron chi connectivity index (χ1n) is 9.56. The number of aryl methyl sites for hydroxylation is 1. The van der Waals surface area contributed by atoms with Crippen LogP contribution in [0.5, 0.6) is 5.75 Å². The van der Waals surface area contributed by atoms with Crippen molar-refractivity contribution in [2.24, 2.45) is 0 Å². The largest absolute Gasteiger partial charge is 0.494 e. The second-order valence-electron chi connectivity index (χ2n) is 7.20. The van der Waals surface area contributed by atoms with E-state index in [0.29, 0.717) is 17.4 Å². The molecule has 0 N–H and O–H groups in total. The minimum Gasteiger partial charge on any atom is -0.494 e. The molecule has 4 rings (SSSR count). The molecule has 2 aromatic heterocycles. The standard InChI is InChI=1S/C22H24FN3O2/c1-15-20(25-22(28-15)18-3-4-19(23)21(13-18)27-2)14-26-11-7-17(8-12-26)16-5-9-24-10-6-16/h3-6,9-10,13,17H,7-8,11-12,14H2,1-2H3. The van der Waals surface area contributed by atoms with Crippen LogP contribution in [0.25, 0.3) is 11.5 Å². The molecular weight excluding hydrogens is 357 g/mol. The second-order valence-corrected chi connectivity index (χ2v) is 7.20. The number of nitrogens with zero attached hydrogens (tertiary/aromatic N) is 3. The number of ether oxygens (including phenoxy) is 1. The van der Waals surface area contributed by atoms with Crippen LogP contribution in [0, 0.1) is 12.7 Å². The van der Waals surface area contributed by atoms with E-state index in [2.05, 4.69) is 27.0 Å². The van der Waals surface area contributed by atoms with E-state index in [1.807, 2.05) is 19.3 Å². The Bertz CT molecular complexity index is 934. The Morgan fingerprint density at radius 1 is 1.18 bits per heavy atom. The van der Waals surface area contributed by atoms with Crippen molar-refractivity contribution in [3.8, 4) is 17.2 Å². The second kappa shape index (κ2) is 8.10. The molecular formula is C22H24FN3O2. The number of methoxy groups -OCH3 is 1.